The number of benzene rings is 1. The molecule has 0 spiro atoms. The summed E-state index contributed by atoms with van der Waals surface area (Å²) in [6, 6.07) is 10.2. The standard InChI is InChI=1S/C15H24N2O2/c1-13(15(18)19)11-17(10-9-16(2)3)12-14-7-5-4-6-8-14/h4-8,13H,9-12H2,1-3H3,(H,18,19). The molecule has 0 amide bonds. The number of carbonyl (C=O) groups is 1. The molecule has 1 aromatic carbocycles. The number of carboxylic acid groups (broad SMARTS) is 1. The topological polar surface area (TPSA) is 43.8 Å². The summed E-state index contributed by atoms with van der Waals surface area (Å²) in [7, 11) is 4.06. The largest absolute Gasteiger partial charge is 0.481 e. The predicted octanol–water partition coefficient (Wildman–Crippen LogP) is 1.77. The zero-order valence-electron chi connectivity index (χ0n) is 12.0. The lowest BCUT2D eigenvalue weighted by Gasteiger charge is -2.25. The first-order chi connectivity index (χ1) is 8.99. The lowest BCUT2D eigenvalue weighted by Crippen LogP contribution is -2.36. The molecule has 19 heavy (non-hydrogen) atoms. The molecule has 4 nitrogen and oxygen atoms in total. The summed E-state index contributed by atoms with van der Waals surface area (Å²) in [5, 5.41) is 9.04. The monoisotopic (exact) mass is 264 g/mol. The van der Waals surface area contributed by atoms with Crippen LogP contribution in [0.4, 0.5) is 0 Å². The van der Waals surface area contributed by atoms with Gasteiger partial charge in [0.05, 0.1) is 5.92 Å². The Hall–Kier alpha value is -1.39. The van der Waals surface area contributed by atoms with Gasteiger partial charge < -0.3 is 10.0 Å². The first kappa shape index (κ1) is 15.7. The van der Waals surface area contributed by atoms with Crippen molar-refractivity contribution in [2.24, 2.45) is 5.92 Å². The van der Waals surface area contributed by atoms with E-state index in [2.05, 4.69) is 21.9 Å². The third kappa shape index (κ3) is 6.36. The fraction of sp³-hybridized carbons (Fsp3) is 0.533. The van der Waals surface area contributed by atoms with Gasteiger partial charge in [-0.25, -0.2) is 0 Å². The summed E-state index contributed by atoms with van der Waals surface area (Å²) in [6.45, 7) is 4.94. The highest BCUT2D eigenvalue weighted by Crippen LogP contribution is 2.07. The van der Waals surface area contributed by atoms with Crippen molar-refractivity contribution in [1.29, 1.82) is 0 Å². The highest BCUT2D eigenvalue weighted by molar-refractivity contribution is 5.69. The highest BCUT2D eigenvalue weighted by atomic mass is 16.4. The van der Waals surface area contributed by atoms with Crippen LogP contribution in [0, 0.1) is 5.92 Å². The van der Waals surface area contributed by atoms with Crippen molar-refractivity contribution in [2.45, 2.75) is 13.5 Å². The van der Waals surface area contributed by atoms with Gasteiger partial charge in [0.15, 0.2) is 0 Å². The summed E-state index contributed by atoms with van der Waals surface area (Å²) in [5.74, 6) is -1.08. The fourth-order valence-electron chi connectivity index (χ4n) is 1.88. The summed E-state index contributed by atoms with van der Waals surface area (Å²) >= 11 is 0. The van der Waals surface area contributed by atoms with Crippen LogP contribution in [-0.2, 0) is 11.3 Å². The molecule has 1 N–H and O–H groups in total. The minimum Gasteiger partial charge on any atom is -0.481 e. The normalized spacial score (nSPS) is 12.9. The zero-order chi connectivity index (χ0) is 14.3. The van der Waals surface area contributed by atoms with Gasteiger partial charge in [-0.05, 0) is 19.7 Å². The predicted molar refractivity (Wildman–Crippen MR) is 77.1 cm³/mol. The van der Waals surface area contributed by atoms with Crippen LogP contribution in [0.25, 0.3) is 0 Å². The Kier molecular flexibility index (Phi) is 6.53. The Morgan fingerprint density at radius 2 is 1.84 bits per heavy atom. The molecule has 0 radical (unpaired) electrons. The molecule has 1 atom stereocenters. The number of nitrogens with zero attached hydrogens (tertiary/aromatic N) is 2. The molecular formula is C15H24N2O2. The molecule has 4 heteroatoms. The van der Waals surface area contributed by atoms with Crippen LogP contribution < -0.4 is 0 Å². The first-order valence-corrected chi connectivity index (χ1v) is 6.63. The summed E-state index contributed by atoms with van der Waals surface area (Å²) in [5.41, 5.74) is 1.22. The highest BCUT2D eigenvalue weighted by Gasteiger charge is 2.16. The first-order valence-electron chi connectivity index (χ1n) is 6.63. The number of aliphatic carboxylic acids is 1. The van der Waals surface area contributed by atoms with Gasteiger partial charge in [0.1, 0.15) is 0 Å². The van der Waals surface area contributed by atoms with E-state index in [9.17, 15) is 4.79 Å². The van der Waals surface area contributed by atoms with E-state index in [4.69, 9.17) is 5.11 Å². The van der Waals surface area contributed by atoms with Gasteiger partial charge in [0.25, 0.3) is 0 Å². The van der Waals surface area contributed by atoms with Crippen LogP contribution in [0.5, 0.6) is 0 Å². The van der Waals surface area contributed by atoms with E-state index in [1.54, 1.807) is 6.92 Å². The Balaban J connectivity index is 2.60. The van der Waals surface area contributed by atoms with Gasteiger partial charge in [-0.3, -0.25) is 9.69 Å². The smallest absolute Gasteiger partial charge is 0.307 e. The minimum atomic E-state index is -0.733. The van der Waals surface area contributed by atoms with E-state index in [1.165, 1.54) is 5.56 Å². The molecule has 0 aliphatic rings. The zero-order valence-corrected chi connectivity index (χ0v) is 12.0. The molecule has 106 valence electrons. The molecule has 1 aromatic rings. The molecule has 0 saturated heterocycles. The molecule has 0 fully saturated rings. The van der Waals surface area contributed by atoms with Crippen molar-refractivity contribution < 1.29 is 9.90 Å². The Bertz CT molecular complexity index is 379. The Labute approximate surface area is 115 Å². The summed E-state index contributed by atoms with van der Waals surface area (Å²) in [6.07, 6.45) is 0. The van der Waals surface area contributed by atoms with Crippen molar-refractivity contribution >= 4 is 5.97 Å². The maximum absolute atomic E-state index is 11.0. The summed E-state index contributed by atoms with van der Waals surface area (Å²) in [4.78, 5) is 15.3. The van der Waals surface area contributed by atoms with E-state index in [0.29, 0.717) is 6.54 Å². The molecule has 0 bridgehead atoms. The van der Waals surface area contributed by atoms with E-state index >= 15 is 0 Å². The quantitative estimate of drug-likeness (QED) is 0.777. The van der Waals surface area contributed by atoms with Crippen molar-refractivity contribution in [1.82, 2.24) is 9.80 Å². The van der Waals surface area contributed by atoms with Crippen molar-refractivity contribution in [3.8, 4) is 0 Å². The lowest BCUT2D eigenvalue weighted by atomic mass is 10.1. The van der Waals surface area contributed by atoms with Crippen LogP contribution in [0.2, 0.25) is 0 Å². The van der Waals surface area contributed by atoms with Crippen molar-refractivity contribution in [3.05, 3.63) is 35.9 Å². The van der Waals surface area contributed by atoms with Crippen molar-refractivity contribution in [3.63, 3.8) is 0 Å². The van der Waals surface area contributed by atoms with Crippen LogP contribution in [0.15, 0.2) is 30.3 Å². The maximum Gasteiger partial charge on any atom is 0.307 e. The fourth-order valence-corrected chi connectivity index (χ4v) is 1.88. The average molecular weight is 264 g/mol. The van der Waals surface area contributed by atoms with Crippen LogP contribution in [0.1, 0.15) is 12.5 Å². The van der Waals surface area contributed by atoms with Gasteiger partial charge in [-0.15, -0.1) is 0 Å². The molecule has 0 aliphatic carbocycles. The second-order valence-electron chi connectivity index (χ2n) is 5.26. The second-order valence-corrected chi connectivity index (χ2v) is 5.26. The van der Waals surface area contributed by atoms with Gasteiger partial charge >= 0.3 is 5.97 Å². The van der Waals surface area contributed by atoms with Gasteiger partial charge in [0, 0.05) is 26.2 Å². The average Bonchev–Trinajstić information content (AvgIpc) is 2.37. The molecule has 1 rings (SSSR count). The molecular weight excluding hydrogens is 240 g/mol. The third-order valence-electron chi connectivity index (χ3n) is 3.07. The lowest BCUT2D eigenvalue weighted by molar-refractivity contribution is -0.141. The van der Waals surface area contributed by atoms with Gasteiger partial charge in [-0.2, -0.15) is 0 Å². The van der Waals surface area contributed by atoms with Gasteiger partial charge in [-0.1, -0.05) is 37.3 Å². The number of carboxylic acids is 1. The Morgan fingerprint density at radius 3 is 2.37 bits per heavy atom. The SMILES string of the molecule is CC(CN(CCN(C)C)Cc1ccccc1)C(=O)O. The number of likely N-dealkylation sites (N-methyl/N-ethyl adjacent to an activating group) is 1. The van der Waals surface area contributed by atoms with E-state index in [1.807, 2.05) is 32.3 Å². The molecule has 0 aromatic heterocycles. The second kappa shape index (κ2) is 7.92. The molecule has 1 unspecified atom stereocenters. The Morgan fingerprint density at radius 1 is 1.21 bits per heavy atom. The number of rotatable bonds is 8. The molecule has 0 heterocycles. The van der Waals surface area contributed by atoms with E-state index < -0.39 is 5.97 Å². The number of hydrogen-bond donors (Lipinski definition) is 1. The van der Waals surface area contributed by atoms with E-state index in [0.717, 1.165) is 19.6 Å². The van der Waals surface area contributed by atoms with Crippen LogP contribution in [-0.4, -0.2) is 54.6 Å². The maximum atomic E-state index is 11.0. The van der Waals surface area contributed by atoms with E-state index in [-0.39, 0.29) is 5.92 Å². The molecule has 0 aliphatic heterocycles. The van der Waals surface area contributed by atoms with Crippen LogP contribution in [0.3, 0.4) is 0 Å². The number of hydrogen-bond acceptors (Lipinski definition) is 3. The minimum absolute atomic E-state index is 0.342. The van der Waals surface area contributed by atoms with Gasteiger partial charge in [0.2, 0.25) is 0 Å². The molecule has 0 saturated carbocycles. The van der Waals surface area contributed by atoms with Crippen molar-refractivity contribution in [2.75, 3.05) is 33.7 Å². The summed E-state index contributed by atoms with van der Waals surface area (Å²) < 4.78 is 0. The van der Waals surface area contributed by atoms with Crippen LogP contribution >= 0.6 is 0 Å². The third-order valence-corrected chi connectivity index (χ3v) is 3.07.